The van der Waals surface area contributed by atoms with Gasteiger partial charge in [-0.1, -0.05) is 127 Å². The number of nitrogens with zero attached hydrogens (tertiary/aromatic N) is 3. The van der Waals surface area contributed by atoms with Gasteiger partial charge in [0.25, 0.3) is 0 Å². The van der Waals surface area contributed by atoms with Gasteiger partial charge in [-0.25, -0.2) is 15.0 Å². The van der Waals surface area contributed by atoms with E-state index >= 15 is 0 Å². The quantitative estimate of drug-likeness (QED) is 0.187. The Hall–Kier alpha value is -6.85. The minimum absolute atomic E-state index is 0.561. The number of furan rings is 2. The molecule has 0 fully saturated rings. The Morgan fingerprint density at radius 2 is 0.920 bits per heavy atom. The first-order chi connectivity index (χ1) is 24.8. The molecule has 0 aliphatic carbocycles. The molecule has 5 nitrogen and oxygen atoms in total. The van der Waals surface area contributed by atoms with Crippen molar-refractivity contribution in [3.63, 3.8) is 0 Å². The first-order valence-corrected chi connectivity index (χ1v) is 16.6. The van der Waals surface area contributed by atoms with Gasteiger partial charge in [0.1, 0.15) is 22.3 Å². The first-order valence-electron chi connectivity index (χ1n) is 16.6. The zero-order valence-corrected chi connectivity index (χ0v) is 26.7. The minimum Gasteiger partial charge on any atom is -0.456 e. The number of rotatable bonds is 5. The van der Waals surface area contributed by atoms with E-state index in [1.54, 1.807) is 0 Å². The molecule has 0 saturated carbocycles. The molecule has 3 heterocycles. The van der Waals surface area contributed by atoms with E-state index in [4.69, 9.17) is 23.8 Å². The maximum Gasteiger partial charge on any atom is 0.167 e. The largest absolute Gasteiger partial charge is 0.456 e. The van der Waals surface area contributed by atoms with Crippen molar-refractivity contribution < 1.29 is 8.83 Å². The smallest absolute Gasteiger partial charge is 0.167 e. The van der Waals surface area contributed by atoms with Crippen LogP contribution in [0.3, 0.4) is 0 Å². The average molecular weight is 642 g/mol. The molecule has 10 aromatic rings. The average Bonchev–Trinajstić information content (AvgIpc) is 3.76. The molecule has 0 bridgehead atoms. The van der Waals surface area contributed by atoms with Gasteiger partial charge in [0.15, 0.2) is 17.5 Å². The molecule has 10 rings (SSSR count). The Balaban J connectivity index is 1.15. The number of aromatic nitrogens is 3. The van der Waals surface area contributed by atoms with Crippen LogP contribution < -0.4 is 0 Å². The van der Waals surface area contributed by atoms with Crippen LogP contribution in [0.2, 0.25) is 0 Å². The summed E-state index contributed by atoms with van der Waals surface area (Å²) in [5, 5.41) is 4.26. The van der Waals surface area contributed by atoms with Crippen LogP contribution in [-0.2, 0) is 0 Å². The summed E-state index contributed by atoms with van der Waals surface area (Å²) < 4.78 is 13.1. The van der Waals surface area contributed by atoms with Gasteiger partial charge in [0, 0.05) is 32.7 Å². The first kappa shape index (κ1) is 28.2. The summed E-state index contributed by atoms with van der Waals surface area (Å²) in [7, 11) is 0. The van der Waals surface area contributed by atoms with Gasteiger partial charge >= 0.3 is 0 Å². The van der Waals surface area contributed by atoms with Crippen LogP contribution in [0.4, 0.5) is 0 Å². The van der Waals surface area contributed by atoms with Gasteiger partial charge < -0.3 is 8.83 Å². The van der Waals surface area contributed by atoms with E-state index in [0.717, 1.165) is 82.8 Å². The monoisotopic (exact) mass is 641 g/mol. The van der Waals surface area contributed by atoms with Crippen LogP contribution in [-0.4, -0.2) is 15.0 Å². The number of para-hydroxylation sites is 2. The van der Waals surface area contributed by atoms with Gasteiger partial charge in [0.05, 0.1) is 5.56 Å². The van der Waals surface area contributed by atoms with Crippen molar-refractivity contribution in [2.45, 2.75) is 0 Å². The second-order valence-electron chi connectivity index (χ2n) is 12.4. The predicted molar refractivity (Wildman–Crippen MR) is 202 cm³/mol. The summed E-state index contributed by atoms with van der Waals surface area (Å²) in [6, 6.07) is 55.7. The van der Waals surface area contributed by atoms with Crippen molar-refractivity contribution in [1.82, 2.24) is 15.0 Å². The van der Waals surface area contributed by atoms with Crippen LogP contribution in [0.25, 0.3) is 100 Å². The van der Waals surface area contributed by atoms with E-state index in [-0.39, 0.29) is 0 Å². The number of benzene rings is 7. The van der Waals surface area contributed by atoms with Gasteiger partial charge in [-0.2, -0.15) is 0 Å². The van der Waals surface area contributed by atoms with E-state index in [0.29, 0.717) is 17.5 Å². The highest BCUT2D eigenvalue weighted by Gasteiger charge is 2.19. The maximum atomic E-state index is 6.72. The van der Waals surface area contributed by atoms with Crippen molar-refractivity contribution in [1.29, 1.82) is 0 Å². The van der Waals surface area contributed by atoms with Crippen molar-refractivity contribution in [2.24, 2.45) is 0 Å². The number of hydrogen-bond acceptors (Lipinski definition) is 5. The molecule has 0 aliphatic rings. The standard InChI is InChI=1S/C45H27N3O2/c1-4-13-28(14-5-1)37-25-32(27-40-41(37)35-19-10-11-22-38(35)49-40)31-23-24-33-34-20-12-21-36(42(34)50-39(33)26-31)45-47-43(29-15-6-2-7-16-29)46-44(48-45)30-17-8-3-9-18-30/h1-27H. The fourth-order valence-corrected chi connectivity index (χ4v) is 6.95. The highest BCUT2D eigenvalue weighted by Crippen LogP contribution is 2.42. The van der Waals surface area contributed by atoms with Crippen molar-refractivity contribution in [3.8, 4) is 56.4 Å². The van der Waals surface area contributed by atoms with E-state index in [9.17, 15) is 0 Å². The second kappa shape index (κ2) is 11.4. The lowest BCUT2D eigenvalue weighted by atomic mass is 9.94. The normalized spacial score (nSPS) is 11.6. The maximum absolute atomic E-state index is 6.72. The Morgan fingerprint density at radius 1 is 0.320 bits per heavy atom. The molecule has 0 unspecified atom stereocenters. The van der Waals surface area contributed by atoms with E-state index in [1.165, 1.54) is 0 Å². The zero-order chi connectivity index (χ0) is 33.0. The van der Waals surface area contributed by atoms with Crippen LogP contribution in [0.15, 0.2) is 173 Å². The molecule has 5 heteroatoms. The molecule has 3 aromatic heterocycles. The fourth-order valence-electron chi connectivity index (χ4n) is 6.95. The van der Waals surface area contributed by atoms with Crippen LogP contribution in [0.1, 0.15) is 0 Å². The highest BCUT2D eigenvalue weighted by molar-refractivity contribution is 6.14. The zero-order valence-electron chi connectivity index (χ0n) is 26.7. The van der Waals surface area contributed by atoms with Crippen molar-refractivity contribution in [2.75, 3.05) is 0 Å². The number of hydrogen-bond donors (Lipinski definition) is 0. The summed E-state index contributed by atoms with van der Waals surface area (Å²) in [5.41, 5.74) is 10.3. The third-order valence-corrected chi connectivity index (χ3v) is 9.34. The molecule has 7 aromatic carbocycles. The molecule has 0 aliphatic heterocycles. The van der Waals surface area contributed by atoms with Crippen LogP contribution >= 0.6 is 0 Å². The lowest BCUT2D eigenvalue weighted by Crippen LogP contribution is -2.00. The summed E-state index contributed by atoms with van der Waals surface area (Å²) in [6.07, 6.45) is 0. The molecule has 0 radical (unpaired) electrons. The predicted octanol–water partition coefficient (Wildman–Crippen LogP) is 12.0. The summed E-state index contributed by atoms with van der Waals surface area (Å²) in [6.45, 7) is 0. The lowest BCUT2D eigenvalue weighted by Gasteiger charge is -2.09. The van der Waals surface area contributed by atoms with E-state index < -0.39 is 0 Å². The van der Waals surface area contributed by atoms with Gasteiger partial charge in [-0.15, -0.1) is 0 Å². The van der Waals surface area contributed by atoms with Crippen LogP contribution in [0.5, 0.6) is 0 Å². The van der Waals surface area contributed by atoms with E-state index in [2.05, 4.69) is 72.8 Å². The third kappa shape index (κ3) is 4.67. The Bertz CT molecular complexity index is 2800. The lowest BCUT2D eigenvalue weighted by molar-refractivity contribution is 0.668. The molecule has 50 heavy (non-hydrogen) atoms. The Morgan fingerprint density at radius 3 is 1.64 bits per heavy atom. The Kier molecular flexibility index (Phi) is 6.42. The fraction of sp³-hybridized carbons (Fsp3) is 0. The topological polar surface area (TPSA) is 65.0 Å². The number of fused-ring (bicyclic) bond motifs is 6. The van der Waals surface area contributed by atoms with Crippen molar-refractivity contribution >= 4 is 43.9 Å². The summed E-state index contributed by atoms with van der Waals surface area (Å²) in [4.78, 5) is 14.8. The molecule has 0 amide bonds. The molecule has 0 N–H and O–H groups in total. The van der Waals surface area contributed by atoms with Gasteiger partial charge in [-0.3, -0.25) is 0 Å². The third-order valence-electron chi connectivity index (χ3n) is 9.34. The van der Waals surface area contributed by atoms with Gasteiger partial charge in [0.2, 0.25) is 0 Å². The SMILES string of the molecule is c1ccc(-c2nc(-c3ccccc3)nc(-c3cccc4c3oc3cc(-c5cc(-c6ccccc6)c6c(c5)oc5ccccc56)ccc34)n2)cc1. The molecular formula is C45H27N3O2. The highest BCUT2D eigenvalue weighted by atomic mass is 16.3. The molecule has 0 saturated heterocycles. The Labute approximate surface area is 287 Å². The second-order valence-corrected chi connectivity index (χ2v) is 12.4. The van der Waals surface area contributed by atoms with Gasteiger partial charge in [-0.05, 0) is 58.7 Å². The van der Waals surface area contributed by atoms with Crippen molar-refractivity contribution in [3.05, 3.63) is 164 Å². The van der Waals surface area contributed by atoms with Crippen LogP contribution in [0, 0.1) is 0 Å². The molecule has 234 valence electrons. The molecule has 0 atom stereocenters. The summed E-state index contributed by atoms with van der Waals surface area (Å²) >= 11 is 0. The molecule has 0 spiro atoms. The summed E-state index contributed by atoms with van der Waals surface area (Å²) in [5.74, 6) is 1.78. The molecular weight excluding hydrogens is 615 g/mol. The van der Waals surface area contributed by atoms with E-state index in [1.807, 2.05) is 91.0 Å². The minimum atomic E-state index is 0.561.